The molecule has 15 nitrogen and oxygen atoms in total. The molecule has 0 saturated carbocycles. The number of esters is 4. The van der Waals surface area contributed by atoms with Gasteiger partial charge in [0.1, 0.15) is 43.7 Å². The molecule has 2 saturated heterocycles. The first kappa shape index (κ1) is 43.4. The number of carbonyl (C=O) groups excluding carboxylic acids is 4. The number of rotatable bonds is 18. The summed E-state index contributed by atoms with van der Waals surface area (Å²) in [6, 6.07) is 28.4. The molecule has 3 aromatic rings. The minimum Gasteiger partial charge on any atom is -0.463 e. The Morgan fingerprint density at radius 1 is 0.474 bits per heavy atom. The Morgan fingerprint density at radius 3 is 1.32 bits per heavy atom. The van der Waals surface area contributed by atoms with Crippen molar-refractivity contribution >= 4 is 23.9 Å². The van der Waals surface area contributed by atoms with Crippen LogP contribution in [0.15, 0.2) is 91.0 Å². The number of hydrogen-bond acceptors (Lipinski definition) is 15. The molecule has 0 spiro atoms. The maximum absolute atomic E-state index is 12.7. The second-order valence-corrected chi connectivity index (χ2v) is 13.5. The molecule has 0 N–H and O–H groups in total. The zero-order valence-corrected chi connectivity index (χ0v) is 32.6. The number of carbonyl (C=O) groups is 4. The highest BCUT2D eigenvalue weighted by Crippen LogP contribution is 2.36. The van der Waals surface area contributed by atoms with E-state index in [2.05, 4.69) is 0 Å². The second-order valence-electron chi connectivity index (χ2n) is 13.5. The molecule has 2 aliphatic heterocycles. The summed E-state index contributed by atoms with van der Waals surface area (Å²) in [6.45, 7) is 4.59. The number of hydrogen-bond donors (Lipinski definition) is 0. The quantitative estimate of drug-likeness (QED) is 0.132. The van der Waals surface area contributed by atoms with Crippen LogP contribution in [0, 0.1) is 0 Å². The molecule has 0 unspecified atom stereocenters. The molecule has 2 aliphatic rings. The second kappa shape index (κ2) is 21.7. The van der Waals surface area contributed by atoms with E-state index >= 15 is 0 Å². The van der Waals surface area contributed by atoms with Gasteiger partial charge in [-0.2, -0.15) is 0 Å². The van der Waals surface area contributed by atoms with Gasteiger partial charge in [-0.15, -0.1) is 0 Å². The summed E-state index contributed by atoms with van der Waals surface area (Å²) < 4.78 is 67.3. The Kier molecular flexibility index (Phi) is 16.5. The number of ether oxygens (including phenoxy) is 11. The first-order valence-corrected chi connectivity index (χ1v) is 18.6. The van der Waals surface area contributed by atoms with Crippen LogP contribution in [0.2, 0.25) is 0 Å². The van der Waals surface area contributed by atoms with Crippen molar-refractivity contribution in [3.05, 3.63) is 108 Å². The maximum Gasteiger partial charge on any atom is 0.303 e. The topological polar surface area (TPSA) is 170 Å². The summed E-state index contributed by atoms with van der Waals surface area (Å²) in [5.41, 5.74) is 2.57. The Balaban J connectivity index is 1.57. The molecule has 10 atom stereocenters. The first-order chi connectivity index (χ1) is 27.5. The zero-order valence-electron chi connectivity index (χ0n) is 32.6. The first-order valence-electron chi connectivity index (χ1n) is 18.6. The lowest BCUT2D eigenvalue weighted by Gasteiger charge is -2.49. The Morgan fingerprint density at radius 2 is 0.877 bits per heavy atom. The standard InChI is InChI=1S/C42H50O15/c1-26(43)48-24-33-35(50-21-30-15-9-6-10-16-30)37(51-22-31-17-11-7-12-18-31)39(52-23-32-19-13-8-14-20-32)42(56-33)57-40-38(54-29(4)46)36(53-28(3)45)34(25-49-27(2)44)55-41(40)47-5/h6-20,33-42H,21-25H2,1-5H3/t33-,34-,35-,36-,37+,38+,39+,40+,41+,42-/m1/s1. The van der Waals surface area contributed by atoms with E-state index in [-0.39, 0.29) is 33.0 Å². The Labute approximate surface area is 331 Å². The van der Waals surface area contributed by atoms with Crippen molar-refractivity contribution in [2.45, 2.75) is 109 Å². The molecule has 0 amide bonds. The minimum absolute atomic E-state index is 0.0860. The molecule has 57 heavy (non-hydrogen) atoms. The fourth-order valence-electron chi connectivity index (χ4n) is 6.55. The molecule has 3 aromatic carbocycles. The van der Waals surface area contributed by atoms with Crippen molar-refractivity contribution in [1.82, 2.24) is 0 Å². The summed E-state index contributed by atoms with van der Waals surface area (Å²) in [6.07, 6.45) is -11.7. The number of benzene rings is 3. The summed E-state index contributed by atoms with van der Waals surface area (Å²) in [5, 5.41) is 0. The van der Waals surface area contributed by atoms with Crippen molar-refractivity contribution in [1.29, 1.82) is 0 Å². The van der Waals surface area contributed by atoms with Crippen molar-refractivity contribution < 1.29 is 71.3 Å². The van der Waals surface area contributed by atoms with Crippen molar-refractivity contribution in [2.75, 3.05) is 20.3 Å². The average molecular weight is 795 g/mol. The van der Waals surface area contributed by atoms with Crippen molar-refractivity contribution in [2.24, 2.45) is 0 Å². The van der Waals surface area contributed by atoms with Crippen LogP contribution < -0.4 is 0 Å². The molecular formula is C42H50O15. The molecule has 2 heterocycles. The van der Waals surface area contributed by atoms with Gasteiger partial charge in [-0.05, 0) is 16.7 Å². The molecule has 0 bridgehead atoms. The SMILES string of the molecule is CO[C@H]1O[C@H](COC(C)=O)[C@@H](OC(C)=O)[C@H](OC(C)=O)[C@@H]1O[C@H]1O[C@H](COC(C)=O)[C@@H](OCc2ccccc2)[C@H](OCc2ccccc2)[C@@H]1OCc1ccccc1. The molecule has 308 valence electrons. The van der Waals surface area contributed by atoms with Gasteiger partial charge in [-0.3, -0.25) is 19.2 Å². The van der Waals surface area contributed by atoms with Crippen LogP contribution in [0.5, 0.6) is 0 Å². The normalized spacial score (nSPS) is 27.2. The van der Waals surface area contributed by atoms with Gasteiger partial charge >= 0.3 is 23.9 Å². The predicted octanol–water partition coefficient (Wildman–Crippen LogP) is 4.21. The largest absolute Gasteiger partial charge is 0.463 e. The van der Waals surface area contributed by atoms with Crippen molar-refractivity contribution in [3.8, 4) is 0 Å². The highest BCUT2D eigenvalue weighted by atomic mass is 16.8. The predicted molar refractivity (Wildman–Crippen MR) is 199 cm³/mol. The van der Waals surface area contributed by atoms with Gasteiger partial charge < -0.3 is 52.1 Å². The van der Waals surface area contributed by atoms with E-state index in [0.29, 0.717) is 0 Å². The van der Waals surface area contributed by atoms with E-state index in [1.54, 1.807) is 0 Å². The highest BCUT2D eigenvalue weighted by molar-refractivity contribution is 5.68. The third-order valence-electron chi connectivity index (χ3n) is 9.07. The van der Waals surface area contributed by atoms with E-state index in [1.807, 2.05) is 91.0 Å². The summed E-state index contributed by atoms with van der Waals surface area (Å²) in [7, 11) is 1.34. The van der Waals surface area contributed by atoms with Crippen LogP contribution in [0.25, 0.3) is 0 Å². The third-order valence-corrected chi connectivity index (χ3v) is 9.07. The van der Waals surface area contributed by atoms with Crippen LogP contribution in [-0.4, -0.2) is 106 Å². The summed E-state index contributed by atoms with van der Waals surface area (Å²) >= 11 is 0. The minimum atomic E-state index is -1.37. The van der Waals surface area contributed by atoms with Gasteiger partial charge in [0.25, 0.3) is 0 Å². The van der Waals surface area contributed by atoms with Crippen LogP contribution in [0.3, 0.4) is 0 Å². The average Bonchev–Trinajstić information content (AvgIpc) is 3.19. The van der Waals surface area contributed by atoms with E-state index in [0.717, 1.165) is 16.7 Å². The summed E-state index contributed by atoms with van der Waals surface area (Å²) in [5.74, 6) is -2.63. The molecule has 0 radical (unpaired) electrons. The van der Waals surface area contributed by atoms with Gasteiger partial charge in [0, 0.05) is 34.8 Å². The van der Waals surface area contributed by atoms with E-state index in [1.165, 1.54) is 34.8 Å². The lowest BCUT2D eigenvalue weighted by atomic mass is 9.96. The fourth-order valence-corrected chi connectivity index (χ4v) is 6.55. The van der Waals surface area contributed by atoms with E-state index in [9.17, 15) is 19.2 Å². The number of methoxy groups -OCH3 is 1. The smallest absolute Gasteiger partial charge is 0.303 e. The van der Waals surface area contributed by atoms with Gasteiger partial charge in [0.15, 0.2) is 30.9 Å². The van der Waals surface area contributed by atoms with Crippen molar-refractivity contribution in [3.63, 3.8) is 0 Å². The van der Waals surface area contributed by atoms with Crippen LogP contribution in [0.4, 0.5) is 0 Å². The van der Waals surface area contributed by atoms with E-state index in [4.69, 9.17) is 52.1 Å². The fraction of sp³-hybridized carbons (Fsp3) is 0.476. The van der Waals surface area contributed by atoms with Crippen LogP contribution in [0.1, 0.15) is 44.4 Å². The van der Waals surface area contributed by atoms with E-state index < -0.39 is 85.3 Å². The molecule has 0 aliphatic carbocycles. The molecular weight excluding hydrogens is 744 g/mol. The molecule has 2 fully saturated rings. The van der Waals surface area contributed by atoms with Gasteiger partial charge in [0.05, 0.1) is 19.8 Å². The third kappa shape index (κ3) is 12.9. The van der Waals surface area contributed by atoms with Crippen LogP contribution in [-0.2, 0) is 91.1 Å². The van der Waals surface area contributed by atoms with Gasteiger partial charge in [-0.25, -0.2) is 0 Å². The highest BCUT2D eigenvalue weighted by Gasteiger charge is 2.56. The molecule has 15 heteroatoms. The van der Waals surface area contributed by atoms with Gasteiger partial charge in [0.2, 0.25) is 0 Å². The zero-order chi connectivity index (χ0) is 40.7. The molecule has 5 rings (SSSR count). The Hall–Kier alpha value is -4.74. The summed E-state index contributed by atoms with van der Waals surface area (Å²) in [4.78, 5) is 49.1. The monoisotopic (exact) mass is 794 g/mol. The lowest BCUT2D eigenvalue weighted by Crippen LogP contribution is -2.66. The van der Waals surface area contributed by atoms with Crippen LogP contribution >= 0.6 is 0 Å². The maximum atomic E-state index is 12.7. The Bertz CT molecular complexity index is 1710. The van der Waals surface area contributed by atoms with Gasteiger partial charge in [-0.1, -0.05) is 91.0 Å². The lowest BCUT2D eigenvalue weighted by molar-refractivity contribution is -0.375. The molecule has 0 aromatic heterocycles.